The van der Waals surface area contributed by atoms with Crippen LogP contribution in [0.25, 0.3) is 0 Å². The van der Waals surface area contributed by atoms with Crippen molar-refractivity contribution < 1.29 is 19.1 Å². The van der Waals surface area contributed by atoms with Gasteiger partial charge in [0.15, 0.2) is 11.6 Å². The van der Waals surface area contributed by atoms with Gasteiger partial charge in [0.05, 0.1) is 17.2 Å². The highest BCUT2D eigenvalue weighted by atomic mass is 16.5. The first-order chi connectivity index (χ1) is 17.7. The number of fused-ring (bicyclic) bond motifs is 3. The molecule has 0 aromatic heterocycles. The van der Waals surface area contributed by atoms with Crippen LogP contribution in [0.5, 0.6) is 5.75 Å². The van der Waals surface area contributed by atoms with Crippen molar-refractivity contribution in [3.05, 3.63) is 112 Å². The van der Waals surface area contributed by atoms with E-state index in [0.29, 0.717) is 35.3 Å². The van der Waals surface area contributed by atoms with Gasteiger partial charge in [0.2, 0.25) is 0 Å². The average Bonchev–Trinajstić information content (AvgIpc) is 3.15. The zero-order chi connectivity index (χ0) is 25.9. The number of carbonyl (C=O) groups is 3. The van der Waals surface area contributed by atoms with E-state index >= 15 is 0 Å². The standard InChI is InChI=1S/C32H27NO4/c1-18-8-10-20(11-9-18)31(36)37-21-14-12-19(13-15-21)26-27-24(16-32(2,3)17-25(27)34)33-29-22-6-4-5-7-23(22)30(35)28(26)29/h4-15,26,28H,16-17H2,1-3H3/t26-,28-/m0/s1. The third-order valence-corrected chi connectivity index (χ3v) is 7.58. The smallest absolute Gasteiger partial charge is 0.343 e. The zero-order valence-electron chi connectivity index (χ0n) is 21.1. The van der Waals surface area contributed by atoms with Gasteiger partial charge in [-0.2, -0.15) is 0 Å². The lowest BCUT2D eigenvalue weighted by Gasteiger charge is -2.38. The molecule has 3 aromatic rings. The number of aliphatic imine (C=N–C) groups is 1. The first-order valence-electron chi connectivity index (χ1n) is 12.6. The van der Waals surface area contributed by atoms with Gasteiger partial charge in [0.25, 0.3) is 0 Å². The quantitative estimate of drug-likeness (QED) is 0.322. The van der Waals surface area contributed by atoms with Crippen molar-refractivity contribution in [2.24, 2.45) is 16.3 Å². The number of carbonyl (C=O) groups excluding carboxylic acids is 3. The van der Waals surface area contributed by atoms with Crippen LogP contribution >= 0.6 is 0 Å². The highest BCUT2D eigenvalue weighted by Crippen LogP contribution is 2.51. The maximum absolute atomic E-state index is 13.6. The lowest BCUT2D eigenvalue weighted by Crippen LogP contribution is -2.37. The number of hydrogen-bond donors (Lipinski definition) is 0. The topological polar surface area (TPSA) is 72.8 Å². The molecule has 5 nitrogen and oxygen atoms in total. The number of hydrogen-bond acceptors (Lipinski definition) is 5. The van der Waals surface area contributed by atoms with E-state index in [1.165, 1.54) is 0 Å². The fourth-order valence-corrected chi connectivity index (χ4v) is 5.84. The SMILES string of the molecule is Cc1ccc(C(=O)Oc2ccc([C@H]3C4=C(CC(C)(C)CC4=O)N=C4c5ccccc5C(=O)[C@H]43)cc2)cc1. The van der Waals surface area contributed by atoms with Gasteiger partial charge in [-0.3, -0.25) is 14.6 Å². The Kier molecular flexibility index (Phi) is 5.34. The molecule has 2 atom stereocenters. The summed E-state index contributed by atoms with van der Waals surface area (Å²) in [7, 11) is 0. The molecule has 5 heteroatoms. The molecule has 0 spiro atoms. The van der Waals surface area contributed by atoms with Crippen LogP contribution in [-0.2, 0) is 4.79 Å². The first kappa shape index (κ1) is 23.3. The van der Waals surface area contributed by atoms with Crippen molar-refractivity contribution in [1.82, 2.24) is 0 Å². The zero-order valence-corrected chi connectivity index (χ0v) is 21.1. The van der Waals surface area contributed by atoms with E-state index in [2.05, 4.69) is 13.8 Å². The summed E-state index contributed by atoms with van der Waals surface area (Å²) in [5.74, 6) is -0.937. The summed E-state index contributed by atoms with van der Waals surface area (Å²) in [5, 5.41) is 0. The Balaban J connectivity index is 1.38. The minimum atomic E-state index is -0.540. The number of nitrogens with zero attached hydrogens (tertiary/aromatic N) is 1. The van der Waals surface area contributed by atoms with Gasteiger partial charge >= 0.3 is 5.97 Å². The number of ether oxygens (including phenoxy) is 1. The first-order valence-corrected chi connectivity index (χ1v) is 12.6. The number of ketones is 2. The van der Waals surface area contributed by atoms with E-state index in [0.717, 1.165) is 28.1 Å². The highest BCUT2D eigenvalue weighted by Gasteiger charge is 2.50. The van der Waals surface area contributed by atoms with Crippen LogP contribution in [0.4, 0.5) is 0 Å². The summed E-state index contributed by atoms with van der Waals surface area (Å²) in [6.45, 7) is 6.13. The number of Topliss-reactive ketones (excluding diaryl/α,β-unsaturated/α-hetero) is 2. The van der Waals surface area contributed by atoms with Crippen molar-refractivity contribution in [1.29, 1.82) is 0 Å². The number of esters is 1. The molecule has 0 saturated carbocycles. The van der Waals surface area contributed by atoms with E-state index in [1.54, 1.807) is 24.3 Å². The molecule has 184 valence electrons. The number of benzene rings is 3. The van der Waals surface area contributed by atoms with Gasteiger partial charge in [0, 0.05) is 34.7 Å². The van der Waals surface area contributed by atoms with Crippen LogP contribution in [0.2, 0.25) is 0 Å². The molecule has 0 radical (unpaired) electrons. The summed E-state index contributed by atoms with van der Waals surface area (Å²) in [5.41, 5.74) is 5.90. The Labute approximate surface area is 215 Å². The summed E-state index contributed by atoms with van der Waals surface area (Å²) >= 11 is 0. The summed E-state index contributed by atoms with van der Waals surface area (Å²) in [4.78, 5) is 44.7. The molecule has 0 amide bonds. The van der Waals surface area contributed by atoms with Gasteiger partial charge in [-0.15, -0.1) is 0 Å². The molecule has 1 heterocycles. The van der Waals surface area contributed by atoms with Crippen LogP contribution < -0.4 is 4.74 Å². The van der Waals surface area contributed by atoms with Crippen molar-refractivity contribution in [3.63, 3.8) is 0 Å². The van der Waals surface area contributed by atoms with E-state index in [9.17, 15) is 14.4 Å². The van der Waals surface area contributed by atoms with Crippen molar-refractivity contribution in [3.8, 4) is 5.75 Å². The molecule has 0 N–H and O–H groups in total. The van der Waals surface area contributed by atoms with Gasteiger partial charge in [-0.25, -0.2) is 4.79 Å². The summed E-state index contributed by atoms with van der Waals surface area (Å²) in [6.07, 6.45) is 1.11. The van der Waals surface area contributed by atoms with Gasteiger partial charge in [-0.05, 0) is 48.6 Å². The predicted octanol–water partition coefficient (Wildman–Crippen LogP) is 6.26. The fraction of sp³-hybridized carbons (Fsp3) is 0.250. The minimum Gasteiger partial charge on any atom is -0.423 e. The molecule has 1 aliphatic heterocycles. The van der Waals surface area contributed by atoms with E-state index in [-0.39, 0.29) is 17.0 Å². The Hall–Kier alpha value is -4.12. The van der Waals surface area contributed by atoms with E-state index in [4.69, 9.17) is 9.73 Å². The van der Waals surface area contributed by atoms with Gasteiger partial charge in [0.1, 0.15) is 5.75 Å². The van der Waals surface area contributed by atoms with Crippen molar-refractivity contribution >= 4 is 23.2 Å². The van der Waals surface area contributed by atoms with Crippen molar-refractivity contribution in [2.45, 2.75) is 39.5 Å². The molecule has 37 heavy (non-hydrogen) atoms. The van der Waals surface area contributed by atoms with Crippen molar-refractivity contribution in [2.75, 3.05) is 0 Å². The molecular formula is C32H27NO4. The Morgan fingerprint density at radius 2 is 1.54 bits per heavy atom. The second-order valence-corrected chi connectivity index (χ2v) is 11.0. The molecule has 0 bridgehead atoms. The average molecular weight is 490 g/mol. The number of allylic oxidation sites excluding steroid dienone is 2. The number of aryl methyl sites for hydroxylation is 1. The largest absolute Gasteiger partial charge is 0.423 e. The van der Waals surface area contributed by atoms with E-state index in [1.807, 2.05) is 55.5 Å². The lowest BCUT2D eigenvalue weighted by atomic mass is 9.66. The summed E-state index contributed by atoms with van der Waals surface area (Å²) in [6, 6.07) is 22.0. The molecule has 3 aromatic carbocycles. The van der Waals surface area contributed by atoms with Gasteiger partial charge < -0.3 is 4.74 Å². The fourth-order valence-electron chi connectivity index (χ4n) is 5.84. The molecule has 3 aliphatic rings. The predicted molar refractivity (Wildman–Crippen MR) is 141 cm³/mol. The molecule has 6 rings (SSSR count). The second kappa shape index (κ2) is 8.48. The van der Waals surface area contributed by atoms with E-state index < -0.39 is 17.8 Å². The third kappa shape index (κ3) is 3.95. The van der Waals surface area contributed by atoms with Crippen LogP contribution in [0.3, 0.4) is 0 Å². The molecule has 0 unspecified atom stereocenters. The molecule has 2 aliphatic carbocycles. The van der Waals surface area contributed by atoms with Crippen LogP contribution in [0.15, 0.2) is 89.1 Å². The normalized spacial score (nSPS) is 21.6. The van der Waals surface area contributed by atoms with Crippen LogP contribution in [-0.4, -0.2) is 23.2 Å². The monoisotopic (exact) mass is 489 g/mol. The third-order valence-electron chi connectivity index (χ3n) is 7.58. The Morgan fingerprint density at radius 1 is 0.865 bits per heavy atom. The Morgan fingerprint density at radius 3 is 2.24 bits per heavy atom. The Bertz CT molecular complexity index is 1520. The van der Waals surface area contributed by atoms with Gasteiger partial charge in [-0.1, -0.05) is 67.9 Å². The highest BCUT2D eigenvalue weighted by molar-refractivity contribution is 6.30. The minimum absolute atomic E-state index is 0.00147. The number of rotatable bonds is 3. The molecule has 0 fully saturated rings. The maximum Gasteiger partial charge on any atom is 0.343 e. The molecule has 0 saturated heterocycles. The molecular weight excluding hydrogens is 462 g/mol. The summed E-state index contributed by atoms with van der Waals surface area (Å²) < 4.78 is 5.59. The van der Waals surface area contributed by atoms with Crippen LogP contribution in [0, 0.1) is 18.3 Å². The lowest BCUT2D eigenvalue weighted by molar-refractivity contribution is -0.118. The second-order valence-electron chi connectivity index (χ2n) is 11.0. The maximum atomic E-state index is 13.6. The van der Waals surface area contributed by atoms with Crippen LogP contribution in [0.1, 0.15) is 70.0 Å².